The maximum atomic E-state index is 13.5. The van der Waals surface area contributed by atoms with E-state index in [1.807, 2.05) is 0 Å². The standard InChI is InChI=1S/C19H27N3O3S/c1-13(2)22-18(25)15(16(23)14-7-12-26-19(14)22)17(24)20-8-6-11-21-9-4-3-5-10-21/h7,12-13,23H,3-6,8-11H2,1-2H3,(H,20,24)/i1D3,2D3,3D2,4D2,5D2,9D2,10D2,13D/hD. The van der Waals surface area contributed by atoms with Crippen molar-refractivity contribution in [1.82, 2.24) is 14.8 Å². The van der Waals surface area contributed by atoms with E-state index >= 15 is 0 Å². The Kier molecular flexibility index (Phi) is 2.10. The maximum Gasteiger partial charge on any atom is 0.268 e. The Hall–Kier alpha value is -1.86. The fourth-order valence-corrected chi connectivity index (χ4v) is 3.25. The highest BCUT2D eigenvalue weighted by Gasteiger charge is 2.23. The average Bonchev–Trinajstić information content (AvgIpc) is 3.33. The summed E-state index contributed by atoms with van der Waals surface area (Å²) in [5.41, 5.74) is -2.98. The Bertz CT molecular complexity index is 1470. The zero-order chi connectivity index (χ0) is 34.4. The largest absolute Gasteiger partial charge is 0.506 e. The quantitative estimate of drug-likeness (QED) is 0.788. The Morgan fingerprint density at radius 3 is 3.00 bits per heavy atom. The number of aromatic hydroxyl groups is 1. The van der Waals surface area contributed by atoms with Crippen LogP contribution in [0.4, 0.5) is 0 Å². The molecule has 3 heterocycles. The van der Waals surface area contributed by atoms with Gasteiger partial charge in [-0.3, -0.25) is 14.2 Å². The summed E-state index contributed by atoms with van der Waals surface area (Å²) in [6.45, 7) is -15.9. The number of nitrogens with zero attached hydrogens (tertiary/aromatic N) is 2. The first-order valence-electron chi connectivity index (χ1n) is 16.4. The van der Waals surface area contributed by atoms with Crippen molar-refractivity contribution < 1.29 is 34.6 Å². The Morgan fingerprint density at radius 1 is 1.50 bits per heavy atom. The van der Waals surface area contributed by atoms with Crippen molar-refractivity contribution in [3.63, 3.8) is 0 Å². The molecular formula is C19H27N3O3S. The van der Waals surface area contributed by atoms with Crippen LogP contribution in [-0.4, -0.2) is 46.6 Å². The van der Waals surface area contributed by atoms with E-state index in [-0.39, 0.29) is 20.2 Å². The molecule has 2 N–H and O–H groups in total. The van der Waals surface area contributed by atoms with Gasteiger partial charge >= 0.3 is 0 Å². The molecule has 0 spiro atoms. The number of nitrogens with one attached hydrogen (secondary N) is 1. The third-order valence-corrected chi connectivity index (χ3v) is 4.39. The predicted molar refractivity (Wildman–Crippen MR) is 105 cm³/mol. The summed E-state index contributed by atoms with van der Waals surface area (Å²) >= 11 is 0.606. The Balaban J connectivity index is 2.03. The molecule has 0 radical (unpaired) electrons. The third-order valence-electron chi connectivity index (χ3n) is 3.50. The van der Waals surface area contributed by atoms with Crippen molar-refractivity contribution in [3.05, 3.63) is 27.4 Å². The van der Waals surface area contributed by atoms with Crippen LogP contribution >= 0.6 is 11.3 Å². The molecule has 0 aliphatic carbocycles. The summed E-state index contributed by atoms with van der Waals surface area (Å²) in [7, 11) is 0. The lowest BCUT2D eigenvalue weighted by molar-refractivity contribution is 0.0946. The zero-order valence-corrected chi connectivity index (χ0v) is 14.1. The molecule has 1 aliphatic rings. The summed E-state index contributed by atoms with van der Waals surface area (Å²) in [6.07, 6.45) is -11.4. The molecule has 1 aliphatic heterocycles. The molecule has 0 aromatic carbocycles. The van der Waals surface area contributed by atoms with Gasteiger partial charge in [0.1, 0.15) is 16.1 Å². The van der Waals surface area contributed by atoms with Gasteiger partial charge < -0.3 is 15.3 Å². The monoisotopic (exact) mass is 395 g/mol. The molecule has 1 fully saturated rings. The number of piperidine rings is 1. The minimum absolute atomic E-state index is 0.0208. The molecule has 0 atom stereocenters. The van der Waals surface area contributed by atoms with Crippen LogP contribution in [0, 0.1) is 0 Å². The van der Waals surface area contributed by atoms with Crippen LogP contribution in [0.15, 0.2) is 16.2 Å². The summed E-state index contributed by atoms with van der Waals surface area (Å²) in [5, 5.41) is 11.6. The van der Waals surface area contributed by atoms with E-state index in [0.29, 0.717) is 11.3 Å². The second-order valence-corrected chi connectivity index (χ2v) is 6.04. The van der Waals surface area contributed by atoms with Crippen LogP contribution in [0.2, 0.25) is 1.41 Å². The van der Waals surface area contributed by atoms with Crippen molar-refractivity contribution >= 4 is 27.5 Å². The van der Waals surface area contributed by atoms with Crippen molar-refractivity contribution in [1.29, 1.82) is 0 Å². The molecular weight excluding hydrogens is 350 g/mol. The van der Waals surface area contributed by atoms with Gasteiger partial charge in [-0.05, 0) is 63.9 Å². The number of rotatable bonds is 6. The lowest BCUT2D eigenvalue weighted by atomic mass is 10.1. The van der Waals surface area contributed by atoms with Gasteiger partial charge in [-0.15, -0.1) is 11.3 Å². The van der Waals surface area contributed by atoms with E-state index in [2.05, 4.69) is 0 Å². The number of carbonyl (C=O) groups is 1. The minimum Gasteiger partial charge on any atom is -0.506 e. The van der Waals surface area contributed by atoms with Gasteiger partial charge in [0.2, 0.25) is 0 Å². The van der Waals surface area contributed by atoms with Gasteiger partial charge in [-0.1, -0.05) is 6.37 Å². The Labute approximate surface area is 182 Å². The van der Waals surface area contributed by atoms with Gasteiger partial charge in [0, 0.05) is 34.5 Å². The van der Waals surface area contributed by atoms with Gasteiger partial charge in [0.15, 0.2) is 1.41 Å². The lowest BCUT2D eigenvalue weighted by Crippen LogP contribution is -2.36. The third kappa shape index (κ3) is 3.78. The van der Waals surface area contributed by atoms with Gasteiger partial charge in [-0.2, -0.15) is 0 Å². The van der Waals surface area contributed by atoms with Crippen molar-refractivity contribution in [2.75, 3.05) is 26.1 Å². The molecule has 1 saturated heterocycles. The fourth-order valence-electron chi connectivity index (χ4n) is 2.34. The highest BCUT2D eigenvalue weighted by Crippen LogP contribution is 2.31. The molecule has 3 rings (SSSR count). The molecule has 6 nitrogen and oxygen atoms in total. The number of amides is 1. The van der Waals surface area contributed by atoms with E-state index in [1.165, 1.54) is 5.38 Å². The number of hydrogen-bond donors (Lipinski definition) is 2. The predicted octanol–water partition coefficient (Wildman–Crippen LogP) is 2.96. The van der Waals surface area contributed by atoms with E-state index in [4.69, 9.17) is 24.7 Å². The second kappa shape index (κ2) is 8.22. The van der Waals surface area contributed by atoms with Crippen LogP contribution in [0.5, 0.6) is 5.75 Å². The van der Waals surface area contributed by atoms with E-state index in [0.717, 1.165) is 6.07 Å². The maximum absolute atomic E-state index is 13.5. The minimum atomic E-state index is -3.67. The summed E-state index contributed by atoms with van der Waals surface area (Å²) in [5.74, 6) is -2.66. The SMILES string of the molecule is [2H]N(CCCN1C([2H])([2H])C([2H])([2H])C([2H])([2H])C([2H])([2H])C1([2H])[2H])C(=O)c1c(O)c2ccsc2n(C([2H])(C([2H])([2H])[2H])C([2H])([2H])[2H])c1=O. The first-order valence-corrected chi connectivity index (χ1v) is 8.30. The topological polar surface area (TPSA) is 74.6 Å². The van der Waals surface area contributed by atoms with E-state index in [9.17, 15) is 14.7 Å². The van der Waals surface area contributed by atoms with Crippen LogP contribution in [-0.2, 0) is 0 Å². The first kappa shape index (κ1) is 6.63. The molecule has 0 saturated carbocycles. The number of likely N-dealkylation sites (tertiary alicyclic amines) is 1. The van der Waals surface area contributed by atoms with Crippen LogP contribution < -0.4 is 10.9 Å². The molecule has 142 valence electrons. The number of carbonyl (C=O) groups excluding carboxylic acids is 1. The lowest BCUT2D eigenvalue weighted by Gasteiger charge is -2.26. The second-order valence-electron chi connectivity index (χ2n) is 5.14. The molecule has 26 heavy (non-hydrogen) atoms. The van der Waals surface area contributed by atoms with Crippen molar-refractivity contribution in [2.45, 2.75) is 45.3 Å². The molecule has 7 heteroatoms. The normalized spacial score (nSPS) is 36.9. The number of aromatic nitrogens is 1. The van der Waals surface area contributed by atoms with Crippen LogP contribution in [0.3, 0.4) is 0 Å². The fraction of sp³-hybridized carbons (Fsp3) is 0.579. The molecule has 2 aromatic heterocycles. The zero-order valence-electron chi connectivity index (χ0n) is 31.3. The van der Waals surface area contributed by atoms with Gasteiger partial charge in [0.05, 0.1) is 6.76 Å². The molecule has 2 aromatic rings. The van der Waals surface area contributed by atoms with Gasteiger partial charge in [0.25, 0.3) is 11.5 Å². The van der Waals surface area contributed by atoms with E-state index in [1.54, 1.807) is 0 Å². The summed E-state index contributed by atoms with van der Waals surface area (Å²) in [4.78, 5) is 26.4. The molecule has 0 unspecified atom stereocenters. The Morgan fingerprint density at radius 2 is 2.27 bits per heavy atom. The average molecular weight is 396 g/mol. The van der Waals surface area contributed by atoms with Crippen LogP contribution in [0.25, 0.3) is 10.2 Å². The summed E-state index contributed by atoms with van der Waals surface area (Å²) < 4.78 is 143. The van der Waals surface area contributed by atoms with Crippen molar-refractivity contribution in [2.24, 2.45) is 0 Å². The summed E-state index contributed by atoms with van der Waals surface area (Å²) in [6, 6.07) is -2.53. The first-order chi connectivity index (χ1) is 19.5. The smallest absolute Gasteiger partial charge is 0.268 e. The molecule has 0 bridgehead atoms. The number of pyridine rings is 1. The van der Waals surface area contributed by atoms with Crippen LogP contribution in [0.1, 0.15) is 78.9 Å². The number of fused-ring (bicyclic) bond motifs is 1. The number of thiophene rings is 1. The number of hydrogen-bond acceptors (Lipinski definition) is 5. The van der Waals surface area contributed by atoms with Gasteiger partial charge in [-0.25, -0.2) is 0 Å². The van der Waals surface area contributed by atoms with E-state index < -0.39 is 99.0 Å². The van der Waals surface area contributed by atoms with Crippen molar-refractivity contribution in [3.8, 4) is 5.75 Å². The highest BCUT2D eigenvalue weighted by molar-refractivity contribution is 7.16. The highest BCUT2D eigenvalue weighted by atomic mass is 32.1. The molecule has 1 amide bonds.